The van der Waals surface area contributed by atoms with Crippen LogP contribution in [-0.4, -0.2) is 17.5 Å². The molecule has 0 aliphatic carbocycles. The maximum Gasteiger partial charge on any atom is 0.228 e. The van der Waals surface area contributed by atoms with Crippen molar-refractivity contribution in [3.8, 4) is 27.6 Å². The van der Waals surface area contributed by atoms with Gasteiger partial charge >= 0.3 is 0 Å². The summed E-state index contributed by atoms with van der Waals surface area (Å²) in [7, 11) is 0. The van der Waals surface area contributed by atoms with Gasteiger partial charge in [-0.05, 0) is 36.8 Å². The lowest BCUT2D eigenvalue weighted by Crippen LogP contribution is -2.03. The maximum atomic E-state index is 11.5. The van der Waals surface area contributed by atoms with Gasteiger partial charge in [0.25, 0.3) is 0 Å². The molecule has 0 saturated heterocycles. The average molecular weight is 336 g/mol. The molecule has 24 heavy (non-hydrogen) atoms. The summed E-state index contributed by atoms with van der Waals surface area (Å²) in [5.41, 5.74) is 4.89. The number of hydrogen-bond acceptors (Lipinski definition) is 4. The van der Waals surface area contributed by atoms with Crippen molar-refractivity contribution < 1.29 is 9.53 Å². The van der Waals surface area contributed by atoms with Crippen LogP contribution in [0.4, 0.5) is 5.69 Å². The fourth-order valence-electron chi connectivity index (χ4n) is 2.84. The minimum atomic E-state index is 0.0479. The van der Waals surface area contributed by atoms with E-state index in [1.807, 2.05) is 54.8 Å². The Morgan fingerprint density at radius 3 is 3.00 bits per heavy atom. The highest BCUT2D eigenvalue weighted by atomic mass is 32.1. The molecule has 0 saturated carbocycles. The second-order valence-electron chi connectivity index (χ2n) is 5.56. The monoisotopic (exact) mass is 336 g/mol. The van der Waals surface area contributed by atoms with Crippen LogP contribution in [0.2, 0.25) is 0 Å². The fourth-order valence-corrected chi connectivity index (χ4v) is 3.70. The summed E-state index contributed by atoms with van der Waals surface area (Å²) in [4.78, 5) is 16.3. The van der Waals surface area contributed by atoms with Gasteiger partial charge < -0.3 is 10.1 Å². The molecule has 0 fully saturated rings. The number of carbonyl (C=O) groups is 1. The molecule has 1 aliphatic heterocycles. The summed E-state index contributed by atoms with van der Waals surface area (Å²) in [6, 6.07) is 13.9. The SMILES string of the molecule is CCOc1ccccc1-c1nc(-c2ccc3c(c2)CC(=O)N3)cs1. The lowest BCUT2D eigenvalue weighted by molar-refractivity contribution is -0.115. The van der Waals surface area contributed by atoms with Crippen molar-refractivity contribution in [3.05, 3.63) is 53.4 Å². The van der Waals surface area contributed by atoms with E-state index in [4.69, 9.17) is 9.72 Å². The van der Waals surface area contributed by atoms with Crippen molar-refractivity contribution in [2.45, 2.75) is 13.3 Å². The summed E-state index contributed by atoms with van der Waals surface area (Å²) in [5.74, 6) is 0.899. The number of carbonyl (C=O) groups excluding carboxylic acids is 1. The third-order valence-electron chi connectivity index (χ3n) is 3.95. The van der Waals surface area contributed by atoms with Gasteiger partial charge in [0, 0.05) is 16.6 Å². The van der Waals surface area contributed by atoms with Gasteiger partial charge in [-0.15, -0.1) is 11.3 Å². The molecule has 0 radical (unpaired) electrons. The number of para-hydroxylation sites is 1. The van der Waals surface area contributed by atoms with Crippen molar-refractivity contribution in [3.63, 3.8) is 0 Å². The average Bonchev–Trinajstić information content (AvgIpc) is 3.20. The molecule has 3 aromatic rings. The number of aromatic nitrogens is 1. The van der Waals surface area contributed by atoms with E-state index in [2.05, 4.69) is 5.32 Å². The molecule has 0 unspecified atom stereocenters. The zero-order valence-corrected chi connectivity index (χ0v) is 14.0. The third kappa shape index (κ3) is 2.67. The number of nitrogens with zero attached hydrogens (tertiary/aromatic N) is 1. The predicted octanol–water partition coefficient (Wildman–Crippen LogP) is 4.37. The Morgan fingerprint density at radius 2 is 2.12 bits per heavy atom. The van der Waals surface area contributed by atoms with Crippen LogP contribution in [0.3, 0.4) is 0 Å². The van der Waals surface area contributed by atoms with E-state index in [1.54, 1.807) is 11.3 Å². The smallest absolute Gasteiger partial charge is 0.228 e. The molecule has 4 nitrogen and oxygen atoms in total. The van der Waals surface area contributed by atoms with Crippen LogP contribution in [0.1, 0.15) is 12.5 Å². The first-order valence-corrected chi connectivity index (χ1v) is 8.73. The molecule has 1 aliphatic rings. The Kier molecular flexibility index (Phi) is 3.78. The van der Waals surface area contributed by atoms with E-state index in [-0.39, 0.29) is 5.91 Å². The minimum Gasteiger partial charge on any atom is -0.493 e. The largest absolute Gasteiger partial charge is 0.493 e. The van der Waals surface area contributed by atoms with Crippen LogP contribution < -0.4 is 10.1 Å². The highest BCUT2D eigenvalue weighted by Crippen LogP contribution is 2.36. The maximum absolute atomic E-state index is 11.5. The second-order valence-corrected chi connectivity index (χ2v) is 6.42. The molecule has 120 valence electrons. The highest BCUT2D eigenvalue weighted by Gasteiger charge is 2.18. The summed E-state index contributed by atoms with van der Waals surface area (Å²) >= 11 is 1.60. The number of nitrogens with one attached hydrogen (secondary N) is 1. The van der Waals surface area contributed by atoms with Crippen LogP contribution in [-0.2, 0) is 11.2 Å². The normalized spacial score (nSPS) is 12.8. The van der Waals surface area contributed by atoms with E-state index in [0.717, 1.165) is 38.8 Å². The first-order chi connectivity index (χ1) is 11.7. The number of thiazole rings is 1. The van der Waals surface area contributed by atoms with Crippen LogP contribution in [0.15, 0.2) is 47.8 Å². The van der Waals surface area contributed by atoms with Crippen molar-refractivity contribution in [2.75, 3.05) is 11.9 Å². The topological polar surface area (TPSA) is 51.2 Å². The molecule has 0 bridgehead atoms. The Morgan fingerprint density at radius 1 is 1.25 bits per heavy atom. The quantitative estimate of drug-likeness (QED) is 0.769. The van der Waals surface area contributed by atoms with Crippen molar-refractivity contribution in [1.82, 2.24) is 4.98 Å². The number of anilines is 1. The van der Waals surface area contributed by atoms with Gasteiger partial charge in [-0.1, -0.05) is 18.2 Å². The number of amides is 1. The van der Waals surface area contributed by atoms with E-state index >= 15 is 0 Å². The van der Waals surface area contributed by atoms with Crippen LogP contribution in [0, 0.1) is 0 Å². The van der Waals surface area contributed by atoms with Gasteiger partial charge in [-0.2, -0.15) is 0 Å². The Hall–Kier alpha value is -2.66. The molecule has 1 aromatic heterocycles. The molecular formula is C19H16N2O2S. The van der Waals surface area contributed by atoms with E-state index in [1.165, 1.54) is 0 Å². The Labute approximate surface area is 144 Å². The van der Waals surface area contributed by atoms with Gasteiger partial charge in [0.1, 0.15) is 10.8 Å². The number of ether oxygens (including phenoxy) is 1. The van der Waals surface area contributed by atoms with Gasteiger partial charge in [-0.3, -0.25) is 4.79 Å². The molecule has 1 N–H and O–H groups in total. The Balaban J connectivity index is 1.69. The van der Waals surface area contributed by atoms with Gasteiger partial charge in [0.2, 0.25) is 5.91 Å². The fraction of sp³-hybridized carbons (Fsp3) is 0.158. The number of hydrogen-bond donors (Lipinski definition) is 1. The van der Waals surface area contributed by atoms with Crippen LogP contribution in [0.25, 0.3) is 21.8 Å². The predicted molar refractivity (Wildman–Crippen MR) is 96.5 cm³/mol. The molecule has 0 atom stereocenters. The second kappa shape index (κ2) is 6.09. The molecule has 4 rings (SSSR count). The summed E-state index contributed by atoms with van der Waals surface area (Å²) in [6.07, 6.45) is 0.438. The van der Waals surface area contributed by atoms with Crippen LogP contribution in [0.5, 0.6) is 5.75 Å². The minimum absolute atomic E-state index is 0.0479. The number of benzene rings is 2. The molecule has 1 amide bonds. The van der Waals surface area contributed by atoms with Crippen molar-refractivity contribution >= 4 is 22.9 Å². The Bertz CT molecular complexity index is 917. The summed E-state index contributed by atoms with van der Waals surface area (Å²) < 4.78 is 5.70. The van der Waals surface area contributed by atoms with E-state index in [9.17, 15) is 4.79 Å². The van der Waals surface area contributed by atoms with Gasteiger partial charge in [-0.25, -0.2) is 4.98 Å². The number of rotatable bonds is 4. The lowest BCUT2D eigenvalue weighted by Gasteiger charge is -2.07. The highest BCUT2D eigenvalue weighted by molar-refractivity contribution is 7.13. The summed E-state index contributed by atoms with van der Waals surface area (Å²) in [6.45, 7) is 2.60. The number of fused-ring (bicyclic) bond motifs is 1. The van der Waals surface area contributed by atoms with E-state index in [0.29, 0.717) is 13.0 Å². The van der Waals surface area contributed by atoms with Gasteiger partial charge in [0.15, 0.2) is 0 Å². The lowest BCUT2D eigenvalue weighted by atomic mass is 10.1. The zero-order chi connectivity index (χ0) is 16.5. The summed E-state index contributed by atoms with van der Waals surface area (Å²) in [5, 5.41) is 5.83. The van der Waals surface area contributed by atoms with Crippen molar-refractivity contribution in [1.29, 1.82) is 0 Å². The third-order valence-corrected chi connectivity index (χ3v) is 4.82. The molecule has 0 spiro atoms. The molecule has 2 heterocycles. The zero-order valence-electron chi connectivity index (χ0n) is 13.2. The first kappa shape index (κ1) is 14.9. The van der Waals surface area contributed by atoms with Crippen molar-refractivity contribution in [2.24, 2.45) is 0 Å². The molecule has 5 heteroatoms. The van der Waals surface area contributed by atoms with Gasteiger partial charge in [0.05, 0.1) is 24.3 Å². The molecular weight excluding hydrogens is 320 g/mol. The first-order valence-electron chi connectivity index (χ1n) is 7.85. The molecule has 2 aromatic carbocycles. The van der Waals surface area contributed by atoms with Crippen LogP contribution >= 0.6 is 11.3 Å². The standard InChI is InChI=1S/C19H16N2O2S/c1-2-23-17-6-4-3-5-14(17)19-21-16(11-24-19)12-7-8-15-13(9-12)10-18(22)20-15/h3-9,11H,2,10H2,1H3,(H,20,22). The van der Waals surface area contributed by atoms with E-state index < -0.39 is 0 Å².